The molecule has 0 bridgehead atoms. The second-order valence-corrected chi connectivity index (χ2v) is 12.5. The molecule has 0 spiro atoms. The molecule has 1 saturated heterocycles. The molecule has 0 atom stereocenters. The average Bonchev–Trinajstić information content (AvgIpc) is 3.42. The number of carboxylic acid groups (broad SMARTS) is 1. The highest BCUT2D eigenvalue weighted by atomic mass is 35.5. The second-order valence-electron chi connectivity index (χ2n) is 11.2. The van der Waals surface area contributed by atoms with Crippen LogP contribution in [0.25, 0.3) is 32.2 Å². The van der Waals surface area contributed by atoms with Gasteiger partial charge in [-0.15, -0.1) is 11.3 Å². The minimum atomic E-state index is -4.61. The van der Waals surface area contributed by atoms with Gasteiger partial charge in [0.2, 0.25) is 0 Å². The first-order chi connectivity index (χ1) is 21.8. The van der Waals surface area contributed by atoms with Crippen molar-refractivity contribution >= 4 is 55.7 Å². The molecular weight excluding hydrogens is 643 g/mol. The number of aromatic nitrogens is 3. The van der Waals surface area contributed by atoms with Crippen molar-refractivity contribution in [1.29, 1.82) is 0 Å². The molecule has 0 saturated carbocycles. The van der Waals surface area contributed by atoms with Gasteiger partial charge in [0.1, 0.15) is 18.2 Å². The van der Waals surface area contributed by atoms with E-state index < -0.39 is 23.3 Å². The summed E-state index contributed by atoms with van der Waals surface area (Å²) >= 11 is 7.62. The van der Waals surface area contributed by atoms with Gasteiger partial charge in [0.25, 0.3) is 5.56 Å². The number of ether oxygens (including phenoxy) is 1. The lowest BCUT2D eigenvalue weighted by atomic mass is 10.0. The topological polar surface area (TPSA) is 101 Å². The van der Waals surface area contributed by atoms with Gasteiger partial charge in [0.15, 0.2) is 0 Å². The van der Waals surface area contributed by atoms with E-state index >= 15 is 0 Å². The molecule has 1 aliphatic heterocycles. The third-order valence-electron chi connectivity index (χ3n) is 8.10. The number of rotatable bonds is 7. The van der Waals surface area contributed by atoms with Gasteiger partial charge in [0.05, 0.1) is 38.8 Å². The van der Waals surface area contributed by atoms with Gasteiger partial charge in [-0.2, -0.15) is 13.2 Å². The highest BCUT2D eigenvalue weighted by Gasteiger charge is 2.36. The Labute approximate surface area is 270 Å². The molecule has 240 valence electrons. The average molecular weight is 672 g/mol. The molecule has 0 amide bonds. The van der Waals surface area contributed by atoms with Gasteiger partial charge in [-0.25, -0.2) is 9.78 Å². The van der Waals surface area contributed by atoms with E-state index in [2.05, 4.69) is 9.97 Å². The maximum absolute atomic E-state index is 14.1. The summed E-state index contributed by atoms with van der Waals surface area (Å²) in [7, 11) is 1.92. The third kappa shape index (κ3) is 6.02. The van der Waals surface area contributed by atoms with E-state index in [0.29, 0.717) is 64.0 Å². The van der Waals surface area contributed by atoms with E-state index in [1.807, 2.05) is 18.0 Å². The Bertz CT molecular complexity index is 2050. The molecule has 46 heavy (non-hydrogen) atoms. The Balaban J connectivity index is 1.33. The fourth-order valence-corrected chi connectivity index (χ4v) is 6.92. The number of nitrogens with zero attached hydrogens (tertiary/aromatic N) is 5. The van der Waals surface area contributed by atoms with Crippen molar-refractivity contribution in [3.8, 4) is 16.9 Å². The van der Waals surface area contributed by atoms with Gasteiger partial charge in [-0.3, -0.25) is 14.3 Å². The molecule has 14 heteroatoms. The number of carboxylic acids is 1. The minimum Gasteiger partial charge on any atom is -0.491 e. The Hall–Kier alpha value is -4.20. The van der Waals surface area contributed by atoms with E-state index in [4.69, 9.17) is 16.3 Å². The molecule has 0 radical (unpaired) electrons. The van der Waals surface area contributed by atoms with Gasteiger partial charge < -0.3 is 19.6 Å². The van der Waals surface area contributed by atoms with Gasteiger partial charge in [0, 0.05) is 59.1 Å². The molecule has 1 N–H and O–H groups in total. The number of halogens is 4. The fourth-order valence-electron chi connectivity index (χ4n) is 5.74. The number of thiophene rings is 1. The Morgan fingerprint density at radius 2 is 1.80 bits per heavy atom. The lowest BCUT2D eigenvalue weighted by Gasteiger charge is -2.35. The summed E-state index contributed by atoms with van der Waals surface area (Å²) in [6.07, 6.45) is -4.61. The molecule has 1 fully saturated rings. The van der Waals surface area contributed by atoms with Crippen LogP contribution >= 0.6 is 22.9 Å². The first-order valence-corrected chi connectivity index (χ1v) is 15.7. The zero-order valence-electron chi connectivity index (χ0n) is 25.1. The summed E-state index contributed by atoms with van der Waals surface area (Å²) in [5.41, 5.74) is 1.10. The van der Waals surface area contributed by atoms with Crippen LogP contribution < -0.4 is 15.2 Å². The largest absolute Gasteiger partial charge is 0.491 e. The molecular formula is C32H29ClF3N5O4S. The van der Waals surface area contributed by atoms with E-state index in [9.17, 15) is 27.9 Å². The molecule has 5 aromatic rings. The Morgan fingerprint density at radius 3 is 2.50 bits per heavy atom. The molecule has 4 heterocycles. The number of aromatic carboxylic acids is 1. The van der Waals surface area contributed by atoms with E-state index in [1.165, 1.54) is 22.0 Å². The number of fused-ring (bicyclic) bond motifs is 2. The zero-order valence-corrected chi connectivity index (χ0v) is 26.7. The molecule has 2 aromatic carbocycles. The highest BCUT2D eigenvalue weighted by molar-refractivity contribution is 7.18. The van der Waals surface area contributed by atoms with Crippen molar-refractivity contribution in [2.75, 3.05) is 44.7 Å². The van der Waals surface area contributed by atoms with Gasteiger partial charge in [-0.05, 0) is 57.3 Å². The van der Waals surface area contributed by atoms with Crippen molar-refractivity contribution in [2.24, 2.45) is 0 Å². The maximum Gasteiger partial charge on any atom is 0.418 e. The third-order valence-corrected chi connectivity index (χ3v) is 9.33. The Kier molecular flexibility index (Phi) is 8.42. The number of alkyl halides is 3. The lowest BCUT2D eigenvalue weighted by molar-refractivity contribution is -0.137. The number of anilines is 1. The lowest BCUT2D eigenvalue weighted by Crippen LogP contribution is -2.45. The molecule has 6 rings (SSSR count). The van der Waals surface area contributed by atoms with Crippen molar-refractivity contribution in [3.05, 3.63) is 79.8 Å². The van der Waals surface area contributed by atoms with Crippen LogP contribution in [0.3, 0.4) is 0 Å². The maximum atomic E-state index is 14.1. The molecule has 0 unspecified atom stereocenters. The normalized spacial score (nSPS) is 14.4. The van der Waals surface area contributed by atoms with Crippen LogP contribution in [0.2, 0.25) is 5.02 Å². The van der Waals surface area contributed by atoms with Crippen LogP contribution in [-0.4, -0.2) is 70.3 Å². The number of carbonyl (C=O) groups is 1. The number of likely N-dealkylation sites (N-methyl/N-ethyl adjacent to an activating group) is 1. The monoisotopic (exact) mass is 671 g/mol. The zero-order chi connectivity index (χ0) is 32.9. The molecule has 1 aliphatic rings. The summed E-state index contributed by atoms with van der Waals surface area (Å²) in [5, 5.41) is 11.7. The quantitative estimate of drug-likeness (QED) is 0.210. The van der Waals surface area contributed by atoms with Crippen molar-refractivity contribution in [2.45, 2.75) is 26.6 Å². The number of benzene rings is 2. The molecule has 9 nitrogen and oxygen atoms in total. The number of hydrogen-bond donors (Lipinski definition) is 1. The van der Waals surface area contributed by atoms with Crippen molar-refractivity contribution in [1.82, 2.24) is 19.4 Å². The molecule has 3 aromatic heterocycles. The second kappa shape index (κ2) is 12.2. The van der Waals surface area contributed by atoms with Gasteiger partial charge in [-0.1, -0.05) is 11.6 Å². The summed E-state index contributed by atoms with van der Waals surface area (Å²) in [4.78, 5) is 38.0. The summed E-state index contributed by atoms with van der Waals surface area (Å²) in [5.74, 6) is -0.370. The van der Waals surface area contributed by atoms with Crippen LogP contribution in [0.1, 0.15) is 27.4 Å². The Morgan fingerprint density at radius 1 is 1.07 bits per heavy atom. The van der Waals surface area contributed by atoms with Gasteiger partial charge >= 0.3 is 12.1 Å². The first-order valence-electron chi connectivity index (χ1n) is 14.4. The van der Waals surface area contributed by atoms with E-state index in [0.717, 1.165) is 6.07 Å². The van der Waals surface area contributed by atoms with Crippen LogP contribution in [-0.2, 0) is 12.7 Å². The summed E-state index contributed by atoms with van der Waals surface area (Å²) < 4.78 is 50.6. The number of piperazine rings is 1. The fraction of sp³-hybridized carbons (Fsp3) is 0.312. The minimum absolute atomic E-state index is 0.0152. The number of hydrogen-bond acceptors (Lipinski definition) is 8. The van der Waals surface area contributed by atoms with Crippen LogP contribution in [0, 0.1) is 13.8 Å². The molecule has 0 aliphatic carbocycles. The summed E-state index contributed by atoms with van der Waals surface area (Å²) in [6.45, 7) is 5.47. The van der Waals surface area contributed by atoms with Crippen molar-refractivity contribution < 1.29 is 27.8 Å². The highest BCUT2D eigenvalue weighted by Crippen LogP contribution is 2.41. The van der Waals surface area contributed by atoms with E-state index in [1.54, 1.807) is 42.3 Å². The first kappa shape index (κ1) is 31.8. The van der Waals surface area contributed by atoms with Crippen LogP contribution in [0.15, 0.2) is 46.6 Å². The predicted octanol–water partition coefficient (Wildman–Crippen LogP) is 6.49. The van der Waals surface area contributed by atoms with E-state index in [-0.39, 0.29) is 41.1 Å². The summed E-state index contributed by atoms with van der Waals surface area (Å²) in [6, 6.07) is 9.19. The van der Waals surface area contributed by atoms with Crippen LogP contribution in [0.5, 0.6) is 5.75 Å². The number of aryl methyl sites for hydroxylation is 2. The van der Waals surface area contributed by atoms with Crippen molar-refractivity contribution in [3.63, 3.8) is 0 Å². The predicted molar refractivity (Wildman–Crippen MR) is 173 cm³/mol. The standard InChI is InChI=1S/C32H29ClF3N5O4S/c1-17-12-21(29-28(37-17)23(16-46-29)31(43)44)20-13-19(33)4-5-27(20)45-11-10-41-18(2)38-25-15-24(32(34,35)36)26(14-22(25)30(41)42)40-8-6-39(3)7-9-40/h4-5,12-16H,6-11H2,1-3H3,(H,43,44). The SMILES string of the molecule is Cc1cc(-c2cc(Cl)ccc2OCCn2c(C)nc3cc(C(F)(F)F)c(N4CCN(C)CC4)cc3c2=O)c2scc(C(=O)O)c2n1. The smallest absolute Gasteiger partial charge is 0.418 e. The number of pyridine rings is 1. The van der Waals surface area contributed by atoms with Crippen LogP contribution in [0.4, 0.5) is 18.9 Å².